The Bertz CT molecular complexity index is 963. The number of para-hydroxylation sites is 1. The van der Waals surface area contributed by atoms with Crippen LogP contribution in [0.25, 0.3) is 10.9 Å². The molecule has 4 rings (SSSR count). The van der Waals surface area contributed by atoms with Gasteiger partial charge in [0, 0.05) is 31.6 Å². The van der Waals surface area contributed by atoms with E-state index in [0.717, 1.165) is 55.1 Å². The van der Waals surface area contributed by atoms with Crippen LogP contribution in [0.5, 0.6) is 5.75 Å². The molecule has 29 heavy (non-hydrogen) atoms. The van der Waals surface area contributed by atoms with Crippen LogP contribution >= 0.6 is 0 Å². The molecule has 2 heterocycles. The standard InChI is InChI=1S/C24H27N3O2/c1-2-19-7-10-21(11-8-19)29-18-13-24(28)27-16-14-26(15-17-27)23-12-9-20-5-3-4-6-22(20)25-23/h3-12H,2,13-18H2,1H3. The lowest BCUT2D eigenvalue weighted by Crippen LogP contribution is -2.49. The number of anilines is 1. The SMILES string of the molecule is CCc1ccc(OCCC(=O)N2CCN(c3ccc4ccccc4n3)CC2)cc1. The van der Waals surface area contributed by atoms with E-state index in [9.17, 15) is 4.79 Å². The highest BCUT2D eigenvalue weighted by Crippen LogP contribution is 2.19. The van der Waals surface area contributed by atoms with Gasteiger partial charge in [-0.3, -0.25) is 4.79 Å². The van der Waals surface area contributed by atoms with Gasteiger partial charge in [0.1, 0.15) is 11.6 Å². The maximum Gasteiger partial charge on any atom is 0.226 e. The number of fused-ring (bicyclic) bond motifs is 1. The molecular weight excluding hydrogens is 362 g/mol. The van der Waals surface area contributed by atoms with E-state index >= 15 is 0 Å². The number of benzene rings is 2. The average molecular weight is 389 g/mol. The summed E-state index contributed by atoms with van der Waals surface area (Å²) in [6.45, 7) is 5.59. The molecule has 0 N–H and O–H groups in total. The third-order valence-electron chi connectivity index (χ3n) is 5.46. The molecule has 0 bridgehead atoms. The van der Waals surface area contributed by atoms with E-state index in [1.807, 2.05) is 35.2 Å². The molecule has 0 spiro atoms. The van der Waals surface area contributed by atoms with Crippen molar-refractivity contribution in [3.8, 4) is 5.75 Å². The van der Waals surface area contributed by atoms with E-state index in [-0.39, 0.29) is 5.91 Å². The molecular formula is C24H27N3O2. The van der Waals surface area contributed by atoms with Gasteiger partial charge in [-0.05, 0) is 42.3 Å². The molecule has 1 saturated heterocycles. The maximum absolute atomic E-state index is 12.5. The Kier molecular flexibility index (Phi) is 5.94. The van der Waals surface area contributed by atoms with Gasteiger partial charge in [0.15, 0.2) is 0 Å². The first kappa shape index (κ1) is 19.2. The van der Waals surface area contributed by atoms with Crippen molar-refractivity contribution in [2.24, 2.45) is 0 Å². The van der Waals surface area contributed by atoms with Gasteiger partial charge in [-0.15, -0.1) is 0 Å². The van der Waals surface area contributed by atoms with Gasteiger partial charge < -0.3 is 14.5 Å². The van der Waals surface area contributed by atoms with E-state index in [0.29, 0.717) is 13.0 Å². The zero-order chi connectivity index (χ0) is 20.1. The van der Waals surface area contributed by atoms with Crippen LogP contribution in [0.1, 0.15) is 18.9 Å². The fourth-order valence-electron chi connectivity index (χ4n) is 3.65. The first-order valence-corrected chi connectivity index (χ1v) is 10.3. The van der Waals surface area contributed by atoms with Crippen molar-refractivity contribution in [1.82, 2.24) is 9.88 Å². The van der Waals surface area contributed by atoms with Crippen LogP contribution in [0.3, 0.4) is 0 Å². The molecule has 2 aromatic carbocycles. The number of hydrogen-bond donors (Lipinski definition) is 0. The fraction of sp³-hybridized carbons (Fsp3) is 0.333. The van der Waals surface area contributed by atoms with Crippen molar-refractivity contribution < 1.29 is 9.53 Å². The van der Waals surface area contributed by atoms with Crippen molar-refractivity contribution in [3.63, 3.8) is 0 Å². The largest absolute Gasteiger partial charge is 0.493 e. The summed E-state index contributed by atoms with van der Waals surface area (Å²) in [4.78, 5) is 21.5. The highest BCUT2D eigenvalue weighted by Gasteiger charge is 2.21. The summed E-state index contributed by atoms with van der Waals surface area (Å²) < 4.78 is 5.73. The average Bonchev–Trinajstić information content (AvgIpc) is 2.79. The van der Waals surface area contributed by atoms with E-state index < -0.39 is 0 Å². The molecule has 1 aliphatic heterocycles. The van der Waals surface area contributed by atoms with Gasteiger partial charge in [-0.25, -0.2) is 4.98 Å². The number of pyridine rings is 1. The Balaban J connectivity index is 1.25. The molecule has 0 saturated carbocycles. The first-order valence-electron chi connectivity index (χ1n) is 10.3. The second kappa shape index (κ2) is 8.95. The molecule has 1 aliphatic rings. The number of nitrogens with zero attached hydrogens (tertiary/aromatic N) is 3. The Hall–Kier alpha value is -3.08. The zero-order valence-corrected chi connectivity index (χ0v) is 16.9. The summed E-state index contributed by atoms with van der Waals surface area (Å²) in [7, 11) is 0. The molecule has 0 atom stereocenters. The number of rotatable bonds is 6. The molecule has 5 nitrogen and oxygen atoms in total. The topological polar surface area (TPSA) is 45.7 Å². The van der Waals surface area contributed by atoms with Crippen LogP contribution in [0, 0.1) is 0 Å². The van der Waals surface area contributed by atoms with Crippen molar-refractivity contribution in [3.05, 3.63) is 66.2 Å². The fourth-order valence-corrected chi connectivity index (χ4v) is 3.65. The summed E-state index contributed by atoms with van der Waals surface area (Å²) >= 11 is 0. The molecule has 1 amide bonds. The van der Waals surface area contributed by atoms with Gasteiger partial charge >= 0.3 is 0 Å². The van der Waals surface area contributed by atoms with Gasteiger partial charge in [0.25, 0.3) is 0 Å². The second-order valence-corrected chi connectivity index (χ2v) is 7.33. The molecule has 1 fully saturated rings. The van der Waals surface area contributed by atoms with Crippen molar-refractivity contribution in [2.45, 2.75) is 19.8 Å². The monoisotopic (exact) mass is 389 g/mol. The molecule has 5 heteroatoms. The summed E-state index contributed by atoms with van der Waals surface area (Å²) in [5.74, 6) is 1.96. The number of carbonyl (C=O) groups is 1. The first-order chi connectivity index (χ1) is 14.2. The number of carbonyl (C=O) groups excluding carboxylic acids is 1. The highest BCUT2D eigenvalue weighted by atomic mass is 16.5. The van der Waals surface area contributed by atoms with Crippen molar-refractivity contribution in [2.75, 3.05) is 37.7 Å². The predicted molar refractivity (Wildman–Crippen MR) is 116 cm³/mol. The van der Waals surface area contributed by atoms with E-state index in [1.54, 1.807) is 0 Å². The summed E-state index contributed by atoms with van der Waals surface area (Å²) in [6, 6.07) is 20.4. The van der Waals surface area contributed by atoms with Crippen LogP contribution in [-0.2, 0) is 11.2 Å². The predicted octanol–water partition coefficient (Wildman–Crippen LogP) is 3.91. The lowest BCUT2D eigenvalue weighted by atomic mass is 10.2. The number of aromatic nitrogens is 1. The summed E-state index contributed by atoms with van der Waals surface area (Å²) in [6.07, 6.45) is 1.42. The van der Waals surface area contributed by atoms with Gasteiger partial charge in [-0.2, -0.15) is 0 Å². The molecule has 0 unspecified atom stereocenters. The number of hydrogen-bond acceptors (Lipinski definition) is 4. The quantitative estimate of drug-likeness (QED) is 0.641. The van der Waals surface area contributed by atoms with Crippen LogP contribution in [-0.4, -0.2) is 48.6 Å². The Labute approximate surface area is 171 Å². The van der Waals surface area contributed by atoms with Crippen LogP contribution in [0.2, 0.25) is 0 Å². The van der Waals surface area contributed by atoms with Gasteiger partial charge in [0.05, 0.1) is 18.5 Å². The normalized spacial score (nSPS) is 14.2. The Morgan fingerprint density at radius 3 is 2.48 bits per heavy atom. The number of aryl methyl sites for hydroxylation is 1. The second-order valence-electron chi connectivity index (χ2n) is 7.33. The van der Waals surface area contributed by atoms with Crippen molar-refractivity contribution in [1.29, 1.82) is 0 Å². The van der Waals surface area contributed by atoms with Gasteiger partial charge in [0.2, 0.25) is 5.91 Å². The Morgan fingerprint density at radius 1 is 0.966 bits per heavy atom. The minimum atomic E-state index is 0.154. The lowest BCUT2D eigenvalue weighted by molar-refractivity contribution is -0.132. The molecule has 150 valence electrons. The summed E-state index contributed by atoms with van der Waals surface area (Å²) in [5, 5.41) is 1.15. The lowest BCUT2D eigenvalue weighted by Gasteiger charge is -2.35. The van der Waals surface area contributed by atoms with Crippen LogP contribution in [0.15, 0.2) is 60.7 Å². The smallest absolute Gasteiger partial charge is 0.226 e. The van der Waals surface area contributed by atoms with Gasteiger partial charge in [-0.1, -0.05) is 37.3 Å². The minimum Gasteiger partial charge on any atom is -0.493 e. The Morgan fingerprint density at radius 2 is 1.72 bits per heavy atom. The molecule has 0 aliphatic carbocycles. The van der Waals surface area contributed by atoms with E-state index in [1.165, 1.54) is 5.56 Å². The van der Waals surface area contributed by atoms with E-state index in [2.05, 4.69) is 42.2 Å². The summed E-state index contributed by atoms with van der Waals surface area (Å²) in [5.41, 5.74) is 2.29. The van der Waals surface area contributed by atoms with Crippen LogP contribution < -0.4 is 9.64 Å². The number of amides is 1. The van der Waals surface area contributed by atoms with Crippen molar-refractivity contribution >= 4 is 22.6 Å². The third kappa shape index (κ3) is 4.67. The van der Waals surface area contributed by atoms with E-state index in [4.69, 9.17) is 9.72 Å². The molecule has 3 aromatic rings. The highest BCUT2D eigenvalue weighted by molar-refractivity contribution is 5.80. The number of ether oxygens (including phenoxy) is 1. The number of piperazine rings is 1. The molecule has 0 radical (unpaired) electrons. The minimum absolute atomic E-state index is 0.154. The van der Waals surface area contributed by atoms with Crippen LogP contribution in [0.4, 0.5) is 5.82 Å². The zero-order valence-electron chi connectivity index (χ0n) is 16.9. The molecule has 1 aromatic heterocycles. The maximum atomic E-state index is 12.5. The third-order valence-corrected chi connectivity index (χ3v) is 5.46.